The van der Waals surface area contributed by atoms with E-state index in [9.17, 15) is 9.90 Å². The number of aliphatic imine (C=N–C) groups is 1. The first-order valence-electron chi connectivity index (χ1n) is 9.31. The summed E-state index contributed by atoms with van der Waals surface area (Å²) in [6, 6.07) is 19.4. The van der Waals surface area contributed by atoms with E-state index < -0.39 is 5.56 Å². The molecule has 0 aliphatic carbocycles. The maximum atomic E-state index is 12.4. The standard InChI is InChI=1S/C22H23N3O2S/c1-2-3-14-25-21(27)18(20(26)24-22(25)28)15-23-19(16-10-6-4-7-11-16)17-12-8-5-9-13-17/h4-13,15,19,27H,2-3,14H2,1H3,(H,24,26,28). The summed E-state index contributed by atoms with van der Waals surface area (Å²) in [5, 5.41) is 10.6. The lowest BCUT2D eigenvalue weighted by molar-refractivity contribution is 0.398. The van der Waals surface area contributed by atoms with E-state index in [1.54, 1.807) is 4.57 Å². The van der Waals surface area contributed by atoms with Gasteiger partial charge in [-0.3, -0.25) is 19.3 Å². The lowest BCUT2D eigenvalue weighted by atomic mass is 9.99. The van der Waals surface area contributed by atoms with Gasteiger partial charge in [0.25, 0.3) is 5.56 Å². The fourth-order valence-corrected chi connectivity index (χ4v) is 3.27. The quantitative estimate of drug-likeness (QED) is 0.454. The lowest BCUT2D eigenvalue weighted by Crippen LogP contribution is -2.19. The molecule has 144 valence electrons. The number of hydrogen-bond donors (Lipinski definition) is 2. The van der Waals surface area contributed by atoms with Crippen LogP contribution in [0.15, 0.2) is 70.5 Å². The minimum absolute atomic E-state index is 0.113. The van der Waals surface area contributed by atoms with E-state index in [0.29, 0.717) is 6.54 Å². The van der Waals surface area contributed by atoms with Crippen molar-refractivity contribution in [2.45, 2.75) is 32.4 Å². The normalized spacial score (nSPS) is 11.4. The highest BCUT2D eigenvalue weighted by molar-refractivity contribution is 7.71. The molecule has 0 spiro atoms. The Morgan fingerprint density at radius 1 is 1.11 bits per heavy atom. The maximum Gasteiger partial charge on any atom is 0.264 e. The van der Waals surface area contributed by atoms with Crippen LogP contribution < -0.4 is 5.56 Å². The van der Waals surface area contributed by atoms with Gasteiger partial charge in [-0.05, 0) is 29.8 Å². The highest BCUT2D eigenvalue weighted by atomic mass is 32.1. The SMILES string of the molecule is CCCCn1c(O)c(C=NC(c2ccccc2)c2ccccc2)c(=O)[nH]c1=S. The van der Waals surface area contributed by atoms with E-state index in [-0.39, 0.29) is 22.3 Å². The third-order valence-electron chi connectivity index (χ3n) is 4.53. The Morgan fingerprint density at radius 3 is 2.21 bits per heavy atom. The number of H-pyrrole nitrogens is 1. The fourth-order valence-electron chi connectivity index (χ4n) is 3.00. The average Bonchev–Trinajstić information content (AvgIpc) is 2.71. The number of hydrogen-bond acceptors (Lipinski definition) is 4. The van der Waals surface area contributed by atoms with Crippen LogP contribution in [0.4, 0.5) is 0 Å². The number of aromatic hydroxyl groups is 1. The third-order valence-corrected chi connectivity index (χ3v) is 4.85. The van der Waals surface area contributed by atoms with Gasteiger partial charge in [0.15, 0.2) is 4.77 Å². The monoisotopic (exact) mass is 393 g/mol. The summed E-state index contributed by atoms with van der Waals surface area (Å²) in [5.74, 6) is -0.147. The minimum Gasteiger partial charge on any atom is -0.494 e. The number of nitrogens with zero attached hydrogens (tertiary/aromatic N) is 2. The van der Waals surface area contributed by atoms with E-state index >= 15 is 0 Å². The molecule has 2 aromatic carbocycles. The van der Waals surface area contributed by atoms with E-state index in [2.05, 4.69) is 16.9 Å². The van der Waals surface area contributed by atoms with Gasteiger partial charge >= 0.3 is 0 Å². The second-order valence-corrected chi connectivity index (χ2v) is 6.89. The largest absolute Gasteiger partial charge is 0.494 e. The first-order valence-corrected chi connectivity index (χ1v) is 9.71. The minimum atomic E-state index is -0.445. The summed E-state index contributed by atoms with van der Waals surface area (Å²) in [6.07, 6.45) is 3.24. The predicted molar refractivity (Wildman–Crippen MR) is 115 cm³/mol. The molecule has 6 heteroatoms. The zero-order valence-corrected chi connectivity index (χ0v) is 16.5. The molecule has 1 heterocycles. The number of rotatable bonds is 7. The summed E-state index contributed by atoms with van der Waals surface area (Å²) in [7, 11) is 0. The van der Waals surface area contributed by atoms with Gasteiger partial charge in [0.05, 0.1) is 6.04 Å². The van der Waals surface area contributed by atoms with Crippen LogP contribution in [0.25, 0.3) is 0 Å². The molecular weight excluding hydrogens is 370 g/mol. The Morgan fingerprint density at radius 2 is 1.68 bits per heavy atom. The average molecular weight is 394 g/mol. The Labute approximate surface area is 169 Å². The summed E-state index contributed by atoms with van der Waals surface area (Å²) in [4.78, 5) is 19.7. The second-order valence-electron chi connectivity index (χ2n) is 6.50. The van der Waals surface area contributed by atoms with Gasteiger partial charge in [-0.25, -0.2) is 0 Å². The highest BCUT2D eigenvalue weighted by Crippen LogP contribution is 2.26. The molecular formula is C22H23N3O2S. The molecule has 2 N–H and O–H groups in total. The molecule has 0 radical (unpaired) electrons. The van der Waals surface area contributed by atoms with Crippen molar-refractivity contribution in [1.82, 2.24) is 9.55 Å². The van der Waals surface area contributed by atoms with E-state index in [4.69, 9.17) is 12.2 Å². The summed E-state index contributed by atoms with van der Waals surface area (Å²) in [6.45, 7) is 2.60. The van der Waals surface area contributed by atoms with Crippen molar-refractivity contribution in [3.8, 4) is 5.88 Å². The Balaban J connectivity index is 2.04. The van der Waals surface area contributed by atoms with Gasteiger partial charge in [0, 0.05) is 12.8 Å². The van der Waals surface area contributed by atoms with Crippen LogP contribution in [0, 0.1) is 4.77 Å². The number of benzene rings is 2. The topological polar surface area (TPSA) is 70.4 Å². The molecule has 0 aliphatic rings. The fraction of sp³-hybridized carbons (Fsp3) is 0.227. The molecule has 3 rings (SSSR count). The molecule has 0 saturated heterocycles. The van der Waals surface area contributed by atoms with Crippen LogP contribution in [0.2, 0.25) is 0 Å². The molecule has 0 amide bonds. The molecule has 0 aliphatic heterocycles. The van der Waals surface area contributed by atoms with Gasteiger partial charge in [-0.2, -0.15) is 0 Å². The van der Waals surface area contributed by atoms with Crippen molar-refractivity contribution in [1.29, 1.82) is 0 Å². The molecule has 3 aromatic rings. The van der Waals surface area contributed by atoms with Crippen LogP contribution in [0.1, 0.15) is 42.5 Å². The highest BCUT2D eigenvalue weighted by Gasteiger charge is 2.14. The number of unbranched alkanes of at least 4 members (excludes halogenated alkanes) is 1. The van der Waals surface area contributed by atoms with Crippen molar-refractivity contribution < 1.29 is 5.11 Å². The van der Waals surface area contributed by atoms with Crippen molar-refractivity contribution in [2.75, 3.05) is 0 Å². The number of nitrogens with one attached hydrogen (secondary N) is 1. The number of aromatic amines is 1. The molecule has 0 bridgehead atoms. The van der Waals surface area contributed by atoms with Crippen molar-refractivity contribution in [3.63, 3.8) is 0 Å². The lowest BCUT2D eigenvalue weighted by Gasteiger charge is -2.14. The van der Waals surface area contributed by atoms with Gasteiger partial charge in [0.2, 0.25) is 5.88 Å². The molecule has 0 unspecified atom stereocenters. The second kappa shape index (κ2) is 9.28. The van der Waals surface area contributed by atoms with Gasteiger partial charge in [-0.1, -0.05) is 74.0 Å². The molecule has 0 saturated carbocycles. The van der Waals surface area contributed by atoms with Crippen LogP contribution in [0.5, 0.6) is 5.88 Å². The van der Waals surface area contributed by atoms with Gasteiger partial charge < -0.3 is 5.11 Å². The summed E-state index contributed by atoms with van der Waals surface area (Å²) >= 11 is 5.19. The van der Waals surface area contributed by atoms with Gasteiger partial charge in [-0.15, -0.1) is 0 Å². The van der Waals surface area contributed by atoms with Crippen LogP contribution >= 0.6 is 12.2 Å². The first-order chi connectivity index (χ1) is 13.6. The van der Waals surface area contributed by atoms with Crippen molar-refractivity contribution in [3.05, 3.63) is 92.5 Å². The van der Waals surface area contributed by atoms with Crippen LogP contribution in [-0.2, 0) is 6.54 Å². The summed E-state index contributed by atoms with van der Waals surface area (Å²) in [5.41, 5.74) is 1.67. The van der Waals surface area contributed by atoms with Crippen LogP contribution in [-0.4, -0.2) is 20.9 Å². The summed E-state index contributed by atoms with van der Waals surface area (Å²) < 4.78 is 1.76. The Bertz CT molecular complexity index is 1020. The first kappa shape index (κ1) is 19.8. The third kappa shape index (κ3) is 4.46. The maximum absolute atomic E-state index is 12.4. The van der Waals surface area contributed by atoms with E-state index in [1.807, 2.05) is 60.7 Å². The molecule has 0 fully saturated rings. The van der Waals surface area contributed by atoms with E-state index in [1.165, 1.54) is 6.21 Å². The molecule has 1 aromatic heterocycles. The zero-order valence-electron chi connectivity index (χ0n) is 15.7. The smallest absolute Gasteiger partial charge is 0.264 e. The van der Waals surface area contributed by atoms with Gasteiger partial charge in [0.1, 0.15) is 5.56 Å². The molecule has 28 heavy (non-hydrogen) atoms. The molecule has 5 nitrogen and oxygen atoms in total. The number of aromatic nitrogens is 2. The van der Waals surface area contributed by atoms with E-state index in [0.717, 1.165) is 24.0 Å². The van der Waals surface area contributed by atoms with Crippen LogP contribution in [0.3, 0.4) is 0 Å². The Hall–Kier alpha value is -2.99. The predicted octanol–water partition coefficient (Wildman–Crippen LogP) is 4.62. The van der Waals surface area contributed by atoms with Crippen molar-refractivity contribution >= 4 is 18.4 Å². The Kier molecular flexibility index (Phi) is 6.55. The molecule has 0 atom stereocenters. The van der Waals surface area contributed by atoms with Crippen molar-refractivity contribution in [2.24, 2.45) is 4.99 Å². The zero-order chi connectivity index (χ0) is 19.9.